The summed E-state index contributed by atoms with van der Waals surface area (Å²) in [5.41, 5.74) is 2.08. The molecule has 23 heavy (non-hydrogen) atoms. The van der Waals surface area contributed by atoms with Crippen LogP contribution in [0.2, 0.25) is 0 Å². The number of hydrogen-bond acceptors (Lipinski definition) is 2. The van der Waals surface area contributed by atoms with Gasteiger partial charge in [-0.25, -0.2) is 0 Å². The van der Waals surface area contributed by atoms with Crippen molar-refractivity contribution >= 4 is 5.91 Å². The van der Waals surface area contributed by atoms with Gasteiger partial charge < -0.3 is 9.64 Å². The summed E-state index contributed by atoms with van der Waals surface area (Å²) in [4.78, 5) is 14.3. The van der Waals surface area contributed by atoms with Crippen molar-refractivity contribution < 1.29 is 9.53 Å². The molecule has 0 fully saturated rings. The molecule has 0 atom stereocenters. The fraction of sp³-hybridized carbons (Fsp3) is 0.350. The molecule has 0 spiro atoms. The lowest BCUT2D eigenvalue weighted by molar-refractivity contribution is -0.136. The number of carbonyl (C=O) groups is 1. The van der Waals surface area contributed by atoms with Gasteiger partial charge in [-0.05, 0) is 39.3 Å². The predicted molar refractivity (Wildman–Crippen MR) is 94.5 cm³/mol. The van der Waals surface area contributed by atoms with Crippen LogP contribution in [0.4, 0.5) is 0 Å². The van der Waals surface area contributed by atoms with E-state index in [0.29, 0.717) is 0 Å². The monoisotopic (exact) mass is 311 g/mol. The first-order chi connectivity index (χ1) is 11.0. The Morgan fingerprint density at radius 1 is 0.913 bits per heavy atom. The second-order valence-corrected chi connectivity index (χ2v) is 6.14. The van der Waals surface area contributed by atoms with E-state index >= 15 is 0 Å². The zero-order chi connectivity index (χ0) is 16.8. The largest absolute Gasteiger partial charge is 0.483 e. The van der Waals surface area contributed by atoms with Crippen molar-refractivity contribution in [2.75, 3.05) is 6.61 Å². The van der Waals surface area contributed by atoms with Crippen LogP contribution in [0.25, 0.3) is 11.1 Å². The topological polar surface area (TPSA) is 29.5 Å². The maximum Gasteiger partial charge on any atom is 0.260 e. The number of rotatable bonds is 6. The molecule has 0 heterocycles. The minimum absolute atomic E-state index is 0.0119. The number of amides is 1. The maximum absolute atomic E-state index is 12.4. The second-order valence-electron chi connectivity index (χ2n) is 6.14. The Kier molecular flexibility index (Phi) is 5.80. The van der Waals surface area contributed by atoms with Crippen molar-refractivity contribution in [2.45, 2.75) is 39.8 Å². The molecule has 0 N–H and O–H groups in total. The SMILES string of the molecule is CC(C)N(C(=O)COc1ccccc1-c1ccccc1)C(C)C. The molecule has 3 nitrogen and oxygen atoms in total. The lowest BCUT2D eigenvalue weighted by atomic mass is 10.1. The van der Waals surface area contributed by atoms with Crippen LogP contribution >= 0.6 is 0 Å². The van der Waals surface area contributed by atoms with Gasteiger partial charge in [0.15, 0.2) is 6.61 Å². The molecule has 0 aliphatic carbocycles. The Labute approximate surface area is 138 Å². The lowest BCUT2D eigenvalue weighted by Gasteiger charge is -2.30. The Morgan fingerprint density at radius 3 is 2.09 bits per heavy atom. The molecule has 3 heteroatoms. The number of benzene rings is 2. The highest BCUT2D eigenvalue weighted by molar-refractivity contribution is 5.79. The third-order valence-corrected chi connectivity index (χ3v) is 3.72. The summed E-state index contributed by atoms with van der Waals surface area (Å²) in [5.74, 6) is 0.748. The van der Waals surface area contributed by atoms with Gasteiger partial charge in [0.25, 0.3) is 5.91 Å². The van der Waals surface area contributed by atoms with Crippen LogP contribution in [0.3, 0.4) is 0 Å². The molecule has 0 radical (unpaired) electrons. The Morgan fingerprint density at radius 2 is 1.48 bits per heavy atom. The van der Waals surface area contributed by atoms with Crippen molar-refractivity contribution in [2.24, 2.45) is 0 Å². The third-order valence-electron chi connectivity index (χ3n) is 3.72. The Hall–Kier alpha value is -2.29. The summed E-state index contributed by atoms with van der Waals surface area (Å²) >= 11 is 0. The van der Waals surface area contributed by atoms with Gasteiger partial charge in [-0.2, -0.15) is 0 Å². The van der Waals surface area contributed by atoms with Gasteiger partial charge in [-0.15, -0.1) is 0 Å². The van der Waals surface area contributed by atoms with Gasteiger partial charge in [0.1, 0.15) is 5.75 Å². The first-order valence-corrected chi connectivity index (χ1v) is 8.09. The molecule has 0 aliphatic heterocycles. The van der Waals surface area contributed by atoms with E-state index in [2.05, 4.69) is 0 Å². The van der Waals surface area contributed by atoms with Crippen LogP contribution in [0, 0.1) is 0 Å². The number of nitrogens with zero attached hydrogens (tertiary/aromatic N) is 1. The van der Waals surface area contributed by atoms with E-state index in [-0.39, 0.29) is 24.6 Å². The molecule has 0 aromatic heterocycles. The van der Waals surface area contributed by atoms with Gasteiger partial charge in [0.05, 0.1) is 0 Å². The van der Waals surface area contributed by atoms with E-state index in [1.165, 1.54) is 0 Å². The summed E-state index contributed by atoms with van der Waals surface area (Å²) in [6.45, 7) is 8.15. The molecule has 2 rings (SSSR count). The van der Waals surface area contributed by atoms with Crippen molar-refractivity contribution in [3.8, 4) is 16.9 Å². The van der Waals surface area contributed by atoms with E-state index in [4.69, 9.17) is 4.74 Å². The Balaban J connectivity index is 2.14. The standard InChI is InChI=1S/C20H25NO2/c1-15(2)21(16(3)4)20(22)14-23-19-13-9-8-12-18(19)17-10-6-5-7-11-17/h5-13,15-16H,14H2,1-4H3. The van der Waals surface area contributed by atoms with Gasteiger partial charge in [0.2, 0.25) is 0 Å². The summed E-state index contributed by atoms with van der Waals surface area (Å²) < 4.78 is 5.84. The van der Waals surface area contributed by atoms with Gasteiger partial charge >= 0.3 is 0 Å². The zero-order valence-corrected chi connectivity index (χ0v) is 14.3. The summed E-state index contributed by atoms with van der Waals surface area (Å²) in [6, 6.07) is 18.2. The number of hydrogen-bond donors (Lipinski definition) is 0. The maximum atomic E-state index is 12.4. The van der Waals surface area contributed by atoms with Gasteiger partial charge in [-0.3, -0.25) is 4.79 Å². The molecule has 0 saturated heterocycles. The first-order valence-electron chi connectivity index (χ1n) is 8.09. The van der Waals surface area contributed by atoms with Crippen molar-refractivity contribution in [1.82, 2.24) is 4.90 Å². The molecular formula is C20H25NO2. The van der Waals surface area contributed by atoms with Crippen LogP contribution in [0.15, 0.2) is 54.6 Å². The second kappa shape index (κ2) is 7.82. The van der Waals surface area contributed by atoms with Crippen molar-refractivity contribution in [1.29, 1.82) is 0 Å². The average molecular weight is 311 g/mol. The molecule has 2 aromatic carbocycles. The van der Waals surface area contributed by atoms with Crippen LogP contribution < -0.4 is 4.74 Å². The number of carbonyl (C=O) groups excluding carboxylic acids is 1. The minimum atomic E-state index is 0.0119. The first kappa shape index (κ1) is 17.1. The van der Waals surface area contributed by atoms with Crippen LogP contribution in [-0.4, -0.2) is 29.5 Å². The highest BCUT2D eigenvalue weighted by Crippen LogP contribution is 2.29. The van der Waals surface area contributed by atoms with Crippen LogP contribution in [-0.2, 0) is 4.79 Å². The number of para-hydroxylation sites is 1. The molecule has 2 aromatic rings. The molecule has 1 amide bonds. The molecule has 0 unspecified atom stereocenters. The summed E-state index contributed by atoms with van der Waals surface area (Å²) in [7, 11) is 0. The normalized spacial score (nSPS) is 10.9. The van der Waals surface area contributed by atoms with E-state index in [9.17, 15) is 4.79 Å². The lowest BCUT2D eigenvalue weighted by Crippen LogP contribution is -2.44. The van der Waals surface area contributed by atoms with E-state index in [1.807, 2.05) is 87.2 Å². The quantitative estimate of drug-likeness (QED) is 0.792. The molecule has 122 valence electrons. The zero-order valence-electron chi connectivity index (χ0n) is 14.3. The third kappa shape index (κ3) is 4.35. The highest BCUT2D eigenvalue weighted by atomic mass is 16.5. The summed E-state index contributed by atoms with van der Waals surface area (Å²) in [5, 5.41) is 0. The molecule has 0 aliphatic rings. The molecule has 0 bridgehead atoms. The molecular weight excluding hydrogens is 286 g/mol. The van der Waals surface area contributed by atoms with Gasteiger partial charge in [0, 0.05) is 17.6 Å². The molecule has 0 saturated carbocycles. The van der Waals surface area contributed by atoms with E-state index in [1.54, 1.807) is 0 Å². The van der Waals surface area contributed by atoms with Crippen LogP contribution in [0.5, 0.6) is 5.75 Å². The van der Waals surface area contributed by atoms with E-state index < -0.39 is 0 Å². The minimum Gasteiger partial charge on any atom is -0.483 e. The predicted octanol–water partition coefficient (Wildman–Crippen LogP) is 4.38. The van der Waals surface area contributed by atoms with Crippen molar-refractivity contribution in [3.63, 3.8) is 0 Å². The van der Waals surface area contributed by atoms with Gasteiger partial charge in [-0.1, -0.05) is 48.5 Å². The smallest absolute Gasteiger partial charge is 0.260 e. The Bertz CT molecular complexity index is 627. The summed E-state index contributed by atoms with van der Waals surface area (Å²) in [6.07, 6.45) is 0. The fourth-order valence-electron chi connectivity index (χ4n) is 2.83. The van der Waals surface area contributed by atoms with E-state index in [0.717, 1.165) is 16.9 Å². The van der Waals surface area contributed by atoms with Crippen molar-refractivity contribution in [3.05, 3.63) is 54.6 Å². The fourth-order valence-corrected chi connectivity index (χ4v) is 2.83. The van der Waals surface area contributed by atoms with Crippen LogP contribution in [0.1, 0.15) is 27.7 Å². The number of ether oxygens (including phenoxy) is 1. The highest BCUT2D eigenvalue weighted by Gasteiger charge is 2.20. The average Bonchev–Trinajstić information content (AvgIpc) is 2.53.